The van der Waals surface area contributed by atoms with Gasteiger partial charge in [-0.15, -0.1) is 24.0 Å². The van der Waals surface area contributed by atoms with Crippen molar-refractivity contribution in [3.63, 3.8) is 0 Å². The molecule has 5 heteroatoms. The van der Waals surface area contributed by atoms with Gasteiger partial charge < -0.3 is 15.4 Å². The van der Waals surface area contributed by atoms with Gasteiger partial charge in [0.25, 0.3) is 0 Å². The number of aliphatic imine (C=N–C) groups is 1. The highest BCUT2D eigenvalue weighted by Gasteiger charge is 2.23. The van der Waals surface area contributed by atoms with E-state index in [-0.39, 0.29) is 24.0 Å². The molecule has 3 rings (SSSR count). The van der Waals surface area contributed by atoms with Gasteiger partial charge >= 0.3 is 0 Å². The van der Waals surface area contributed by atoms with Gasteiger partial charge in [0.1, 0.15) is 5.75 Å². The second kappa shape index (κ2) is 7.87. The minimum atomic E-state index is 0. The molecule has 2 aliphatic rings. The number of hydrogen-bond donors (Lipinski definition) is 1. The maximum Gasteiger partial charge on any atom is 0.191 e. The molecule has 116 valence electrons. The Kier molecular flexibility index (Phi) is 6.14. The van der Waals surface area contributed by atoms with Gasteiger partial charge in [0.05, 0.1) is 13.2 Å². The molecule has 2 aliphatic heterocycles. The molecule has 0 radical (unpaired) electrons. The van der Waals surface area contributed by atoms with Gasteiger partial charge in [-0.3, -0.25) is 4.99 Å². The Bertz CT molecular complexity index is 484. The van der Waals surface area contributed by atoms with Gasteiger partial charge in [-0.05, 0) is 18.9 Å². The first-order chi connectivity index (χ1) is 9.84. The molecule has 0 bridgehead atoms. The van der Waals surface area contributed by atoms with Gasteiger partial charge in [0, 0.05) is 24.6 Å². The van der Waals surface area contributed by atoms with Crippen LogP contribution in [-0.2, 0) is 0 Å². The largest absolute Gasteiger partial charge is 0.493 e. The first kappa shape index (κ1) is 16.4. The molecular weight excluding hydrogens is 377 g/mol. The van der Waals surface area contributed by atoms with Gasteiger partial charge in [-0.25, -0.2) is 0 Å². The Hall–Kier alpha value is -0.980. The second-order valence-corrected chi connectivity index (χ2v) is 5.65. The van der Waals surface area contributed by atoms with E-state index in [1.807, 2.05) is 12.1 Å². The number of ether oxygens (including phenoxy) is 1. The second-order valence-electron chi connectivity index (χ2n) is 5.65. The zero-order valence-electron chi connectivity index (χ0n) is 12.3. The number of likely N-dealkylation sites (tertiary alicyclic amines) is 1. The van der Waals surface area contributed by atoms with Crippen molar-refractivity contribution < 1.29 is 4.74 Å². The fraction of sp³-hybridized carbons (Fsp3) is 0.562. The number of nitrogens with two attached hydrogens (primary N) is 1. The summed E-state index contributed by atoms with van der Waals surface area (Å²) in [5, 5.41) is 0. The molecule has 1 aromatic carbocycles. The topological polar surface area (TPSA) is 50.9 Å². The van der Waals surface area contributed by atoms with E-state index in [1.165, 1.54) is 31.2 Å². The lowest BCUT2D eigenvalue weighted by molar-refractivity contribution is 0.332. The molecule has 0 saturated carbocycles. The van der Waals surface area contributed by atoms with Gasteiger partial charge in [-0.1, -0.05) is 31.0 Å². The molecule has 0 aromatic heterocycles. The van der Waals surface area contributed by atoms with E-state index >= 15 is 0 Å². The monoisotopic (exact) mass is 401 g/mol. The minimum absolute atomic E-state index is 0. The highest BCUT2D eigenvalue weighted by atomic mass is 127. The Balaban J connectivity index is 0.00000161. The fourth-order valence-corrected chi connectivity index (χ4v) is 2.98. The van der Waals surface area contributed by atoms with Crippen LogP contribution in [0.1, 0.15) is 37.2 Å². The van der Waals surface area contributed by atoms with E-state index < -0.39 is 0 Å². The van der Waals surface area contributed by atoms with Crippen molar-refractivity contribution in [3.05, 3.63) is 29.8 Å². The van der Waals surface area contributed by atoms with Crippen LogP contribution in [0.3, 0.4) is 0 Å². The summed E-state index contributed by atoms with van der Waals surface area (Å²) in [6.07, 6.45) is 5.08. The zero-order valence-corrected chi connectivity index (χ0v) is 14.7. The first-order valence-corrected chi connectivity index (χ1v) is 7.61. The standard InChI is InChI=1S/C16H23N3O.HI/c17-16(19-9-5-1-2-6-10-19)18-11-13-12-20-15-8-4-3-7-14(13)15;/h3-4,7-8,13H,1-2,5-6,9-12H2,(H2,17,18);1H. The number of guanidine groups is 1. The van der Waals surface area contributed by atoms with Crippen LogP contribution in [0.25, 0.3) is 0 Å². The van der Waals surface area contributed by atoms with Crippen molar-refractivity contribution in [2.75, 3.05) is 26.2 Å². The Morgan fingerprint density at radius 2 is 1.90 bits per heavy atom. The Morgan fingerprint density at radius 3 is 2.67 bits per heavy atom. The van der Waals surface area contributed by atoms with Gasteiger partial charge in [0.15, 0.2) is 5.96 Å². The number of benzene rings is 1. The Labute approximate surface area is 143 Å². The number of fused-ring (bicyclic) bond motifs is 1. The van der Waals surface area contributed by atoms with Crippen molar-refractivity contribution >= 4 is 29.9 Å². The van der Waals surface area contributed by atoms with Crippen molar-refractivity contribution in [2.45, 2.75) is 31.6 Å². The molecule has 1 aromatic rings. The molecule has 1 fully saturated rings. The van der Waals surface area contributed by atoms with Gasteiger partial charge in [-0.2, -0.15) is 0 Å². The number of para-hydroxylation sites is 1. The van der Waals surface area contributed by atoms with E-state index in [4.69, 9.17) is 10.5 Å². The molecule has 2 N–H and O–H groups in total. The molecule has 0 aliphatic carbocycles. The van der Waals surface area contributed by atoms with E-state index in [0.717, 1.165) is 32.0 Å². The van der Waals surface area contributed by atoms with Crippen LogP contribution in [0, 0.1) is 0 Å². The average Bonchev–Trinajstić information content (AvgIpc) is 2.70. The molecular formula is C16H24IN3O. The predicted octanol–water partition coefficient (Wildman–Crippen LogP) is 2.97. The highest BCUT2D eigenvalue weighted by Crippen LogP contribution is 2.33. The minimum Gasteiger partial charge on any atom is -0.493 e. The normalized spacial score (nSPS) is 22.0. The van der Waals surface area contributed by atoms with E-state index in [2.05, 4.69) is 22.0 Å². The lowest BCUT2D eigenvalue weighted by atomic mass is 10.0. The smallest absolute Gasteiger partial charge is 0.191 e. The predicted molar refractivity (Wildman–Crippen MR) is 96.6 cm³/mol. The maximum atomic E-state index is 6.15. The summed E-state index contributed by atoms with van der Waals surface area (Å²) in [7, 11) is 0. The maximum absolute atomic E-state index is 6.15. The van der Waals surface area contributed by atoms with Crippen LogP contribution >= 0.6 is 24.0 Å². The third-order valence-corrected chi connectivity index (χ3v) is 4.20. The fourth-order valence-electron chi connectivity index (χ4n) is 2.98. The van der Waals surface area contributed by atoms with Crippen LogP contribution < -0.4 is 10.5 Å². The van der Waals surface area contributed by atoms with E-state index in [9.17, 15) is 0 Å². The summed E-state index contributed by atoms with van der Waals surface area (Å²) < 4.78 is 5.69. The van der Waals surface area contributed by atoms with Crippen LogP contribution in [-0.4, -0.2) is 37.1 Å². The van der Waals surface area contributed by atoms with Crippen LogP contribution in [0.2, 0.25) is 0 Å². The first-order valence-electron chi connectivity index (χ1n) is 7.61. The Morgan fingerprint density at radius 1 is 1.19 bits per heavy atom. The summed E-state index contributed by atoms with van der Waals surface area (Å²) in [6, 6.07) is 8.22. The van der Waals surface area contributed by atoms with E-state index in [1.54, 1.807) is 0 Å². The zero-order chi connectivity index (χ0) is 13.8. The SMILES string of the molecule is I.NC(=NCC1COc2ccccc21)N1CCCCCC1. The molecule has 0 amide bonds. The molecule has 2 heterocycles. The van der Waals surface area contributed by atoms with E-state index in [0.29, 0.717) is 11.9 Å². The number of halogens is 1. The van der Waals surface area contributed by atoms with Crippen LogP contribution in [0.15, 0.2) is 29.3 Å². The lowest BCUT2D eigenvalue weighted by Crippen LogP contribution is -2.38. The van der Waals surface area contributed by atoms with Gasteiger partial charge in [0.2, 0.25) is 0 Å². The summed E-state index contributed by atoms with van der Waals surface area (Å²) in [5.74, 6) is 2.05. The average molecular weight is 401 g/mol. The summed E-state index contributed by atoms with van der Waals surface area (Å²) >= 11 is 0. The summed E-state index contributed by atoms with van der Waals surface area (Å²) in [5.41, 5.74) is 7.41. The molecule has 21 heavy (non-hydrogen) atoms. The van der Waals surface area contributed by atoms with Crippen molar-refractivity contribution in [1.29, 1.82) is 0 Å². The summed E-state index contributed by atoms with van der Waals surface area (Å²) in [4.78, 5) is 6.84. The van der Waals surface area contributed by atoms with Crippen molar-refractivity contribution in [2.24, 2.45) is 10.7 Å². The molecule has 0 spiro atoms. The lowest BCUT2D eigenvalue weighted by Gasteiger charge is -2.21. The molecule has 1 unspecified atom stereocenters. The van der Waals surface area contributed by atoms with Crippen LogP contribution in [0.4, 0.5) is 0 Å². The number of nitrogens with zero attached hydrogens (tertiary/aromatic N) is 2. The summed E-state index contributed by atoms with van der Waals surface area (Å²) in [6.45, 7) is 3.54. The molecule has 1 atom stereocenters. The molecule has 1 saturated heterocycles. The quantitative estimate of drug-likeness (QED) is 0.471. The number of rotatable bonds is 2. The highest BCUT2D eigenvalue weighted by molar-refractivity contribution is 14.0. The number of hydrogen-bond acceptors (Lipinski definition) is 2. The third-order valence-electron chi connectivity index (χ3n) is 4.20. The van der Waals surface area contributed by atoms with Crippen LogP contribution in [0.5, 0.6) is 5.75 Å². The van der Waals surface area contributed by atoms with Crippen molar-refractivity contribution in [1.82, 2.24) is 4.90 Å². The third kappa shape index (κ3) is 4.02. The van der Waals surface area contributed by atoms with Crippen molar-refractivity contribution in [3.8, 4) is 5.75 Å². The molecule has 4 nitrogen and oxygen atoms in total.